The van der Waals surface area contributed by atoms with E-state index < -0.39 is 60.6 Å². The first kappa shape index (κ1) is 30.6. The average Bonchev–Trinajstić information content (AvgIpc) is 3.05. The summed E-state index contributed by atoms with van der Waals surface area (Å²) in [6.45, 7) is 3.25. The van der Waals surface area contributed by atoms with Gasteiger partial charge in [0.2, 0.25) is 0 Å². The molecule has 0 saturated carbocycles. The number of carbonyl (C=O) groups is 7. The number of para-hydroxylation sites is 2. The molecule has 3 N–H and O–H groups in total. The molecule has 0 unspecified atom stereocenters. The molecule has 3 rings (SSSR count). The molecule has 5 amide bonds. The zero-order valence-corrected chi connectivity index (χ0v) is 22.9. The van der Waals surface area contributed by atoms with Crippen molar-refractivity contribution in [3.8, 4) is 5.75 Å². The number of amides is 5. The summed E-state index contributed by atoms with van der Waals surface area (Å²) in [5, 5.41) is 14.3. The number of fused-ring (bicyclic) bond motifs is 1. The average molecular weight is 567 g/mol. The van der Waals surface area contributed by atoms with Crippen molar-refractivity contribution in [2.75, 3.05) is 30.1 Å². The number of aldehydes is 1. The highest BCUT2D eigenvalue weighted by Crippen LogP contribution is 2.33. The smallest absolute Gasteiger partial charge is 0.323 e. The maximum atomic E-state index is 13.8. The van der Waals surface area contributed by atoms with Crippen LogP contribution in [-0.4, -0.2) is 79.1 Å². The highest BCUT2D eigenvalue weighted by molar-refractivity contribution is 6.46. The maximum absolute atomic E-state index is 13.8. The molecular formula is C28H30N4O9. The number of benzene rings is 2. The normalized spacial score (nSPS) is 15.2. The summed E-state index contributed by atoms with van der Waals surface area (Å²) in [7, 11) is 1.49. The maximum Gasteiger partial charge on any atom is 0.323 e. The van der Waals surface area contributed by atoms with Gasteiger partial charge in [-0.15, -0.1) is 0 Å². The SMILES string of the molecule is COc1c(C)cc(C(=O)N[C@H]2CN(C(=O)CO)c3ccccc3N(C(=O)C(=O)N[C@H](C=O)CC(C)=O)C2=O)cc1C. The second-order valence-corrected chi connectivity index (χ2v) is 9.42. The van der Waals surface area contributed by atoms with E-state index in [4.69, 9.17) is 4.74 Å². The fourth-order valence-electron chi connectivity index (χ4n) is 4.57. The summed E-state index contributed by atoms with van der Waals surface area (Å²) in [5.41, 5.74) is 1.33. The third-order valence-electron chi connectivity index (χ3n) is 6.35. The predicted octanol–water partition coefficient (Wildman–Crippen LogP) is -0.0281. The van der Waals surface area contributed by atoms with E-state index in [0.717, 1.165) is 4.90 Å². The van der Waals surface area contributed by atoms with E-state index >= 15 is 0 Å². The predicted molar refractivity (Wildman–Crippen MR) is 145 cm³/mol. The molecular weight excluding hydrogens is 536 g/mol. The van der Waals surface area contributed by atoms with E-state index in [1.807, 2.05) is 0 Å². The van der Waals surface area contributed by atoms with E-state index in [-0.39, 0.29) is 29.6 Å². The van der Waals surface area contributed by atoms with E-state index in [1.165, 1.54) is 38.3 Å². The van der Waals surface area contributed by atoms with E-state index in [0.29, 0.717) is 21.8 Å². The number of methoxy groups -OCH3 is 1. The molecule has 0 fully saturated rings. The molecule has 216 valence electrons. The van der Waals surface area contributed by atoms with Gasteiger partial charge in [-0.1, -0.05) is 12.1 Å². The number of aryl methyl sites for hydroxylation is 2. The van der Waals surface area contributed by atoms with Crippen LogP contribution >= 0.6 is 0 Å². The van der Waals surface area contributed by atoms with Crippen LogP contribution in [-0.2, 0) is 28.8 Å². The van der Waals surface area contributed by atoms with E-state index in [2.05, 4.69) is 10.6 Å². The van der Waals surface area contributed by atoms with Gasteiger partial charge in [-0.3, -0.25) is 28.8 Å². The number of aliphatic hydroxyl groups is 1. The summed E-state index contributed by atoms with van der Waals surface area (Å²) in [6.07, 6.45) is -0.0838. The van der Waals surface area contributed by atoms with Crippen molar-refractivity contribution in [1.29, 1.82) is 0 Å². The van der Waals surface area contributed by atoms with Gasteiger partial charge in [-0.05, 0) is 56.2 Å². The van der Waals surface area contributed by atoms with Gasteiger partial charge in [-0.25, -0.2) is 4.90 Å². The van der Waals surface area contributed by atoms with Crippen LogP contribution in [0, 0.1) is 13.8 Å². The highest BCUT2D eigenvalue weighted by Gasteiger charge is 2.41. The Balaban J connectivity index is 2.05. The number of Topliss-reactive ketones (excluding diaryl/α,β-unsaturated/α-hetero) is 1. The molecule has 1 aliphatic heterocycles. The van der Waals surface area contributed by atoms with Gasteiger partial charge in [0.1, 0.15) is 30.5 Å². The molecule has 2 aromatic carbocycles. The van der Waals surface area contributed by atoms with Crippen LogP contribution in [0.5, 0.6) is 5.75 Å². The first-order valence-corrected chi connectivity index (χ1v) is 12.5. The highest BCUT2D eigenvalue weighted by atomic mass is 16.5. The third-order valence-corrected chi connectivity index (χ3v) is 6.35. The van der Waals surface area contributed by atoms with Crippen LogP contribution in [0.3, 0.4) is 0 Å². The Morgan fingerprint density at radius 3 is 2.24 bits per heavy atom. The number of nitrogens with zero attached hydrogens (tertiary/aromatic N) is 2. The largest absolute Gasteiger partial charge is 0.496 e. The number of hydrogen-bond acceptors (Lipinski definition) is 9. The molecule has 0 aliphatic carbocycles. The quantitative estimate of drug-likeness (QED) is 0.292. The lowest BCUT2D eigenvalue weighted by atomic mass is 10.0. The van der Waals surface area contributed by atoms with E-state index in [9.17, 15) is 38.7 Å². The molecule has 2 aromatic rings. The Labute approximate surface area is 235 Å². The first-order chi connectivity index (χ1) is 19.4. The van der Waals surface area contributed by atoms with Gasteiger partial charge in [0, 0.05) is 12.0 Å². The number of imide groups is 1. The van der Waals surface area contributed by atoms with Crippen molar-refractivity contribution in [2.45, 2.75) is 39.3 Å². The molecule has 0 spiro atoms. The van der Waals surface area contributed by atoms with Crippen molar-refractivity contribution in [1.82, 2.24) is 10.6 Å². The molecule has 0 radical (unpaired) electrons. The Bertz CT molecular complexity index is 1400. The van der Waals surface area contributed by atoms with E-state index in [1.54, 1.807) is 26.0 Å². The van der Waals surface area contributed by atoms with Gasteiger partial charge in [0.15, 0.2) is 0 Å². The van der Waals surface area contributed by atoms with Crippen LogP contribution in [0.2, 0.25) is 0 Å². The van der Waals surface area contributed by atoms with Crippen LogP contribution < -0.4 is 25.2 Å². The molecule has 1 heterocycles. The molecule has 0 saturated heterocycles. The topological polar surface area (TPSA) is 179 Å². The van der Waals surface area contributed by atoms with Crippen LogP contribution in [0.1, 0.15) is 34.8 Å². The lowest BCUT2D eigenvalue weighted by molar-refractivity contribution is -0.140. The number of ether oxygens (including phenoxy) is 1. The van der Waals surface area contributed by atoms with Crippen molar-refractivity contribution >= 4 is 53.0 Å². The third kappa shape index (κ3) is 6.64. The van der Waals surface area contributed by atoms with Gasteiger partial charge in [0.25, 0.3) is 17.7 Å². The number of nitrogens with one attached hydrogen (secondary N) is 2. The Morgan fingerprint density at radius 1 is 1.10 bits per heavy atom. The summed E-state index contributed by atoms with van der Waals surface area (Å²) in [6, 6.07) is 5.91. The number of aliphatic hydroxyl groups excluding tert-OH is 1. The molecule has 0 bridgehead atoms. The fourth-order valence-corrected chi connectivity index (χ4v) is 4.57. The number of carbonyl (C=O) groups excluding carboxylic acids is 7. The first-order valence-electron chi connectivity index (χ1n) is 12.5. The second kappa shape index (κ2) is 13.0. The Hall–Kier alpha value is -4.91. The van der Waals surface area contributed by atoms with Crippen LogP contribution in [0.25, 0.3) is 0 Å². The molecule has 41 heavy (non-hydrogen) atoms. The van der Waals surface area contributed by atoms with Crippen LogP contribution in [0.15, 0.2) is 36.4 Å². The minimum Gasteiger partial charge on any atom is -0.496 e. The molecule has 0 aromatic heterocycles. The molecule has 13 nitrogen and oxygen atoms in total. The standard InChI is InChI=1S/C28H30N4O9/c1-15-9-18(10-16(2)24(15)41-4)25(37)30-20-12-31(23(36)14-34)21-7-5-6-8-22(21)32(27(20)39)28(40)26(38)29-19(13-33)11-17(3)35/h5-10,13,19-20,34H,11-12,14H2,1-4H3,(H,29,38)(H,30,37)/t19-,20-/m0/s1. The molecule has 1 aliphatic rings. The Kier molecular flexibility index (Phi) is 9.68. The lowest BCUT2D eigenvalue weighted by Crippen LogP contribution is -2.57. The number of rotatable bonds is 8. The van der Waals surface area contributed by atoms with Crippen LogP contribution in [0.4, 0.5) is 11.4 Å². The zero-order chi connectivity index (χ0) is 30.4. The number of hydrogen-bond donors (Lipinski definition) is 3. The molecule has 13 heteroatoms. The number of ketones is 1. The minimum absolute atomic E-state index is 0.0182. The summed E-state index contributed by atoms with van der Waals surface area (Å²) in [5.74, 6) is -5.21. The monoisotopic (exact) mass is 566 g/mol. The van der Waals surface area contributed by atoms with Crippen molar-refractivity contribution in [2.24, 2.45) is 0 Å². The summed E-state index contributed by atoms with van der Waals surface area (Å²) >= 11 is 0. The van der Waals surface area contributed by atoms with Crippen molar-refractivity contribution in [3.05, 3.63) is 53.1 Å². The molecule has 2 atom stereocenters. The van der Waals surface area contributed by atoms with Crippen molar-refractivity contribution < 1.29 is 43.4 Å². The Morgan fingerprint density at radius 2 is 1.71 bits per heavy atom. The minimum atomic E-state index is -1.54. The van der Waals surface area contributed by atoms with Gasteiger partial charge < -0.3 is 30.2 Å². The fraction of sp³-hybridized carbons (Fsp3) is 0.321. The second-order valence-electron chi connectivity index (χ2n) is 9.42. The van der Waals surface area contributed by atoms with Gasteiger partial charge in [0.05, 0.1) is 31.1 Å². The zero-order valence-electron chi connectivity index (χ0n) is 22.9. The van der Waals surface area contributed by atoms with Gasteiger partial charge >= 0.3 is 11.8 Å². The van der Waals surface area contributed by atoms with Gasteiger partial charge in [-0.2, -0.15) is 0 Å². The lowest BCUT2D eigenvalue weighted by Gasteiger charge is -2.24. The summed E-state index contributed by atoms with van der Waals surface area (Å²) < 4.78 is 5.33. The van der Waals surface area contributed by atoms with Crippen molar-refractivity contribution in [3.63, 3.8) is 0 Å². The summed E-state index contributed by atoms with van der Waals surface area (Å²) in [4.78, 5) is 90.4. The number of anilines is 2.